The summed E-state index contributed by atoms with van der Waals surface area (Å²) in [6.07, 6.45) is 0. The van der Waals surface area contributed by atoms with Gasteiger partial charge in [-0.2, -0.15) is 0 Å². The van der Waals surface area contributed by atoms with Crippen LogP contribution in [-0.4, -0.2) is 41.2 Å². The Morgan fingerprint density at radius 1 is 0.923 bits per heavy atom. The molecule has 2 aromatic rings. The van der Waals surface area contributed by atoms with Gasteiger partial charge in [0.15, 0.2) is 0 Å². The summed E-state index contributed by atoms with van der Waals surface area (Å²) < 4.78 is 5.52. The van der Waals surface area contributed by atoms with Gasteiger partial charge in [0.1, 0.15) is 6.61 Å². The summed E-state index contributed by atoms with van der Waals surface area (Å²) in [4.78, 5) is 15.1. The molecule has 0 heterocycles. The minimum absolute atomic E-state index is 0.233. The Labute approximate surface area is 156 Å². The molecule has 0 aliphatic heterocycles. The number of ether oxygens (including phenoxy) is 1. The van der Waals surface area contributed by atoms with Gasteiger partial charge in [0, 0.05) is 18.6 Å². The van der Waals surface area contributed by atoms with Gasteiger partial charge in [-0.15, -0.1) is 0 Å². The van der Waals surface area contributed by atoms with Crippen LogP contribution in [0, 0.1) is 0 Å². The van der Waals surface area contributed by atoms with Gasteiger partial charge in [0.25, 0.3) is 0 Å². The van der Waals surface area contributed by atoms with E-state index in [0.29, 0.717) is 29.8 Å². The summed E-state index contributed by atoms with van der Waals surface area (Å²) in [6.45, 7) is 9.33. The average molecular weight is 355 g/mol. The molecule has 0 unspecified atom stereocenters. The van der Waals surface area contributed by atoms with Crippen molar-refractivity contribution in [3.05, 3.63) is 71.8 Å². The molecule has 0 spiro atoms. The predicted molar refractivity (Wildman–Crippen MR) is 104 cm³/mol. The number of rotatable bonds is 8. The van der Waals surface area contributed by atoms with E-state index in [2.05, 4.69) is 32.6 Å². The van der Waals surface area contributed by atoms with Gasteiger partial charge >= 0.3 is 5.97 Å². The third-order valence-corrected chi connectivity index (χ3v) is 4.59. The maximum atomic E-state index is 12.9. The second-order valence-corrected chi connectivity index (χ2v) is 7.00. The van der Waals surface area contributed by atoms with Crippen LogP contribution >= 0.6 is 0 Å². The van der Waals surface area contributed by atoms with E-state index in [9.17, 15) is 9.90 Å². The molecule has 0 bridgehead atoms. The number of nitrogens with zero attached hydrogens (tertiary/aromatic N) is 1. The second kappa shape index (κ2) is 8.97. The molecule has 0 saturated heterocycles. The van der Waals surface area contributed by atoms with E-state index in [1.54, 1.807) is 48.5 Å². The van der Waals surface area contributed by atoms with E-state index >= 15 is 0 Å². The Kier molecular flexibility index (Phi) is 6.95. The van der Waals surface area contributed by atoms with E-state index < -0.39 is 11.6 Å². The molecule has 0 aliphatic rings. The summed E-state index contributed by atoms with van der Waals surface area (Å²) in [7, 11) is 0. The van der Waals surface area contributed by atoms with Crippen molar-refractivity contribution >= 4 is 5.97 Å². The maximum Gasteiger partial charge on any atom is 0.347 e. The van der Waals surface area contributed by atoms with Crippen molar-refractivity contribution in [2.75, 3.05) is 13.2 Å². The van der Waals surface area contributed by atoms with Crippen molar-refractivity contribution in [1.82, 2.24) is 4.90 Å². The minimum atomic E-state index is -1.82. The SMILES string of the molecule is CC(C)N(CCOC(=O)C(O)(c1ccccc1)c1ccccc1)C(C)C. The Bertz CT molecular complexity index is 636. The number of hydrogen-bond acceptors (Lipinski definition) is 4. The van der Waals surface area contributed by atoms with Gasteiger partial charge in [0.2, 0.25) is 5.60 Å². The second-order valence-electron chi connectivity index (χ2n) is 7.00. The largest absolute Gasteiger partial charge is 0.462 e. The highest BCUT2D eigenvalue weighted by Crippen LogP contribution is 2.31. The molecule has 1 N–H and O–H groups in total. The van der Waals surface area contributed by atoms with E-state index in [0.717, 1.165) is 0 Å². The van der Waals surface area contributed by atoms with Crippen molar-refractivity contribution in [2.45, 2.75) is 45.4 Å². The van der Waals surface area contributed by atoms with E-state index in [1.807, 2.05) is 12.1 Å². The van der Waals surface area contributed by atoms with Crippen molar-refractivity contribution in [2.24, 2.45) is 0 Å². The van der Waals surface area contributed by atoms with Gasteiger partial charge in [-0.05, 0) is 38.8 Å². The number of carbonyl (C=O) groups is 1. The number of hydrogen-bond donors (Lipinski definition) is 1. The highest BCUT2D eigenvalue weighted by atomic mass is 16.5. The van der Waals surface area contributed by atoms with Gasteiger partial charge in [0.05, 0.1) is 0 Å². The molecule has 26 heavy (non-hydrogen) atoms. The van der Waals surface area contributed by atoms with Crippen LogP contribution in [0.2, 0.25) is 0 Å². The fourth-order valence-electron chi connectivity index (χ4n) is 3.22. The third-order valence-electron chi connectivity index (χ3n) is 4.59. The van der Waals surface area contributed by atoms with Crippen LogP contribution in [0.4, 0.5) is 0 Å². The lowest BCUT2D eigenvalue weighted by Crippen LogP contribution is -2.42. The molecular weight excluding hydrogens is 326 g/mol. The van der Waals surface area contributed by atoms with E-state index in [4.69, 9.17) is 4.74 Å². The lowest BCUT2D eigenvalue weighted by Gasteiger charge is -2.31. The molecule has 0 amide bonds. The van der Waals surface area contributed by atoms with E-state index in [1.165, 1.54) is 0 Å². The first-order chi connectivity index (χ1) is 12.4. The van der Waals surface area contributed by atoms with Crippen LogP contribution in [0.5, 0.6) is 0 Å². The molecule has 0 atom stereocenters. The Hall–Kier alpha value is -2.17. The van der Waals surface area contributed by atoms with Crippen molar-refractivity contribution in [3.8, 4) is 0 Å². The Morgan fingerprint density at radius 2 is 1.35 bits per heavy atom. The zero-order chi connectivity index (χ0) is 19.2. The summed E-state index contributed by atoms with van der Waals surface area (Å²) in [5.41, 5.74) is -0.815. The van der Waals surface area contributed by atoms with Gasteiger partial charge in [-0.3, -0.25) is 4.90 Å². The number of aliphatic hydroxyl groups is 1. The molecule has 4 nitrogen and oxygen atoms in total. The zero-order valence-corrected chi connectivity index (χ0v) is 16.1. The van der Waals surface area contributed by atoms with Crippen LogP contribution in [0.15, 0.2) is 60.7 Å². The molecule has 140 valence electrons. The van der Waals surface area contributed by atoms with E-state index in [-0.39, 0.29) is 6.61 Å². The van der Waals surface area contributed by atoms with Crippen LogP contribution in [-0.2, 0) is 15.1 Å². The van der Waals surface area contributed by atoms with Gasteiger partial charge in [-0.25, -0.2) is 4.79 Å². The quantitative estimate of drug-likeness (QED) is 0.735. The van der Waals surface area contributed by atoms with Crippen LogP contribution in [0.3, 0.4) is 0 Å². The Balaban J connectivity index is 2.20. The molecule has 2 rings (SSSR count). The maximum absolute atomic E-state index is 12.9. The fourth-order valence-corrected chi connectivity index (χ4v) is 3.22. The predicted octanol–water partition coefficient (Wildman–Crippen LogP) is 3.58. The highest BCUT2D eigenvalue weighted by molar-refractivity contribution is 5.85. The summed E-state index contributed by atoms with van der Waals surface area (Å²) in [6, 6.07) is 18.6. The highest BCUT2D eigenvalue weighted by Gasteiger charge is 2.41. The monoisotopic (exact) mass is 355 g/mol. The lowest BCUT2D eigenvalue weighted by atomic mass is 9.86. The van der Waals surface area contributed by atoms with Gasteiger partial charge in [-0.1, -0.05) is 60.7 Å². The van der Waals surface area contributed by atoms with Crippen molar-refractivity contribution in [1.29, 1.82) is 0 Å². The summed E-state index contributed by atoms with van der Waals surface area (Å²) in [5, 5.41) is 11.3. The minimum Gasteiger partial charge on any atom is -0.462 e. The molecule has 2 aromatic carbocycles. The normalized spacial score (nSPS) is 12.0. The molecule has 0 radical (unpaired) electrons. The summed E-state index contributed by atoms with van der Waals surface area (Å²) >= 11 is 0. The fraction of sp³-hybridized carbons (Fsp3) is 0.409. The molecule has 4 heteroatoms. The smallest absolute Gasteiger partial charge is 0.347 e. The van der Waals surface area contributed by atoms with Crippen LogP contribution in [0.25, 0.3) is 0 Å². The third kappa shape index (κ3) is 4.51. The lowest BCUT2D eigenvalue weighted by molar-refractivity contribution is -0.162. The number of benzene rings is 2. The zero-order valence-electron chi connectivity index (χ0n) is 16.1. The molecule has 0 aromatic heterocycles. The van der Waals surface area contributed by atoms with Crippen molar-refractivity contribution < 1.29 is 14.6 Å². The van der Waals surface area contributed by atoms with Crippen LogP contribution < -0.4 is 0 Å². The molecule has 0 aliphatic carbocycles. The molecule has 0 saturated carbocycles. The van der Waals surface area contributed by atoms with Crippen molar-refractivity contribution in [3.63, 3.8) is 0 Å². The first kappa shape index (κ1) is 20.1. The topological polar surface area (TPSA) is 49.8 Å². The van der Waals surface area contributed by atoms with Crippen LogP contribution in [0.1, 0.15) is 38.8 Å². The Morgan fingerprint density at radius 3 is 1.73 bits per heavy atom. The average Bonchev–Trinajstić information content (AvgIpc) is 2.65. The molecular formula is C22H29NO3. The standard InChI is InChI=1S/C22H29NO3/c1-17(2)23(18(3)4)15-16-26-21(24)22(25,19-11-7-5-8-12-19)20-13-9-6-10-14-20/h5-14,17-18,25H,15-16H2,1-4H3. The van der Waals surface area contributed by atoms with Gasteiger partial charge < -0.3 is 9.84 Å². The summed E-state index contributed by atoms with van der Waals surface area (Å²) in [5.74, 6) is -0.651. The number of carbonyl (C=O) groups excluding carboxylic acids is 1. The first-order valence-electron chi connectivity index (χ1n) is 9.13. The number of esters is 1. The molecule has 0 fully saturated rings. The first-order valence-corrected chi connectivity index (χ1v) is 9.13.